The number of nitrogens with zero attached hydrogens (tertiary/aromatic N) is 3. The highest BCUT2D eigenvalue weighted by Crippen LogP contribution is 2.33. The third-order valence-corrected chi connectivity index (χ3v) is 4.75. The second-order valence-corrected chi connectivity index (χ2v) is 6.65. The molecule has 0 radical (unpaired) electrons. The van der Waals surface area contributed by atoms with Gasteiger partial charge in [0.2, 0.25) is 0 Å². The molecule has 0 saturated carbocycles. The summed E-state index contributed by atoms with van der Waals surface area (Å²) in [6.45, 7) is 0.481. The average Bonchev–Trinajstić information content (AvgIpc) is 3.37. The van der Waals surface area contributed by atoms with Crippen LogP contribution < -0.4 is 11.1 Å². The van der Waals surface area contributed by atoms with Crippen LogP contribution in [0.5, 0.6) is 0 Å². The Labute approximate surface area is 165 Å². The first-order chi connectivity index (χ1) is 14.2. The summed E-state index contributed by atoms with van der Waals surface area (Å²) in [5, 5.41) is 2.87. The third-order valence-electron chi connectivity index (χ3n) is 4.75. The number of fused-ring (bicyclic) bond motifs is 2. The minimum atomic E-state index is -0.386. The molecule has 1 amide bonds. The molecular formula is C22H17N5O2. The first-order valence-corrected chi connectivity index (χ1v) is 9.14. The second kappa shape index (κ2) is 6.79. The Bertz CT molecular complexity index is 1320. The lowest BCUT2D eigenvalue weighted by atomic mass is 10.2. The maximum absolute atomic E-state index is 12.6. The number of carbonyl (C=O) groups excluding carboxylic acids is 1. The normalized spacial score (nSPS) is 11.2. The molecule has 7 heteroatoms. The molecule has 5 aromatic rings. The van der Waals surface area contributed by atoms with E-state index in [0.29, 0.717) is 29.2 Å². The first kappa shape index (κ1) is 17.0. The molecule has 0 aliphatic carbocycles. The Morgan fingerprint density at radius 2 is 1.69 bits per heavy atom. The Morgan fingerprint density at radius 1 is 0.966 bits per heavy atom. The number of nitrogens with one attached hydrogen (secondary N) is 1. The Morgan fingerprint density at radius 3 is 2.41 bits per heavy atom. The summed E-state index contributed by atoms with van der Waals surface area (Å²) in [7, 11) is 0. The number of aromatic nitrogens is 3. The Kier molecular flexibility index (Phi) is 3.98. The highest BCUT2D eigenvalue weighted by molar-refractivity contribution is 6.07. The monoisotopic (exact) mass is 383 g/mol. The van der Waals surface area contributed by atoms with E-state index in [0.717, 1.165) is 16.6 Å². The van der Waals surface area contributed by atoms with E-state index in [2.05, 4.69) is 10.3 Å². The van der Waals surface area contributed by atoms with Gasteiger partial charge in [0.1, 0.15) is 17.0 Å². The number of furan rings is 1. The second-order valence-electron chi connectivity index (χ2n) is 6.65. The minimum Gasteiger partial charge on any atom is -0.459 e. The third kappa shape index (κ3) is 2.98. The van der Waals surface area contributed by atoms with Crippen LogP contribution in [0.3, 0.4) is 0 Å². The van der Waals surface area contributed by atoms with Crippen molar-refractivity contribution >= 4 is 39.6 Å². The fraction of sp³-hybridized carbons (Fsp3) is 0.0455. The van der Waals surface area contributed by atoms with Crippen LogP contribution in [0, 0.1) is 0 Å². The zero-order valence-corrected chi connectivity index (χ0v) is 15.4. The first-order valence-electron chi connectivity index (χ1n) is 9.14. The fourth-order valence-electron chi connectivity index (χ4n) is 3.35. The minimum absolute atomic E-state index is 0.201. The number of rotatable bonds is 4. The summed E-state index contributed by atoms with van der Waals surface area (Å²) in [5.41, 5.74) is 10.5. The van der Waals surface area contributed by atoms with Crippen LogP contribution in [0.1, 0.15) is 16.1 Å². The molecule has 0 fully saturated rings. The Balaban J connectivity index is 1.70. The quantitative estimate of drug-likeness (QED) is 0.488. The molecule has 0 aliphatic rings. The van der Waals surface area contributed by atoms with Gasteiger partial charge in [-0.25, -0.2) is 9.97 Å². The van der Waals surface area contributed by atoms with Crippen molar-refractivity contribution in [1.82, 2.24) is 14.5 Å². The summed E-state index contributed by atoms with van der Waals surface area (Å²) in [6, 6.07) is 20.8. The highest BCUT2D eigenvalue weighted by atomic mass is 16.3. The van der Waals surface area contributed by atoms with Crippen LogP contribution in [0.15, 0.2) is 77.4 Å². The van der Waals surface area contributed by atoms with Gasteiger partial charge in [-0.1, -0.05) is 42.5 Å². The van der Waals surface area contributed by atoms with Gasteiger partial charge >= 0.3 is 0 Å². The lowest BCUT2D eigenvalue weighted by molar-refractivity contribution is 0.0996. The number of hydrogen-bond donors (Lipinski definition) is 2. The van der Waals surface area contributed by atoms with E-state index in [1.54, 1.807) is 12.1 Å². The van der Waals surface area contributed by atoms with E-state index in [1.165, 1.54) is 6.26 Å². The molecule has 0 atom stereocenters. The van der Waals surface area contributed by atoms with Gasteiger partial charge in [0, 0.05) is 0 Å². The number of anilines is 2. The van der Waals surface area contributed by atoms with E-state index in [-0.39, 0.29) is 11.7 Å². The molecule has 7 nitrogen and oxygen atoms in total. The van der Waals surface area contributed by atoms with Gasteiger partial charge < -0.3 is 20.0 Å². The van der Waals surface area contributed by atoms with E-state index in [1.807, 2.05) is 59.2 Å². The molecule has 5 rings (SSSR count). The number of nitrogens with two attached hydrogens (primary N) is 1. The van der Waals surface area contributed by atoms with Gasteiger partial charge in [-0.05, 0) is 29.8 Å². The van der Waals surface area contributed by atoms with Gasteiger partial charge in [-0.3, -0.25) is 4.79 Å². The van der Waals surface area contributed by atoms with Crippen molar-refractivity contribution in [2.24, 2.45) is 0 Å². The van der Waals surface area contributed by atoms with Crippen molar-refractivity contribution in [3.05, 3.63) is 84.3 Å². The van der Waals surface area contributed by atoms with Gasteiger partial charge in [-0.2, -0.15) is 0 Å². The zero-order valence-electron chi connectivity index (χ0n) is 15.4. The smallest absolute Gasteiger partial charge is 0.292 e. The molecule has 0 bridgehead atoms. The molecule has 0 unspecified atom stereocenters. The molecule has 3 heterocycles. The molecule has 2 aromatic carbocycles. The van der Waals surface area contributed by atoms with Crippen molar-refractivity contribution in [3.63, 3.8) is 0 Å². The van der Waals surface area contributed by atoms with Crippen LogP contribution in [-0.2, 0) is 6.54 Å². The fourth-order valence-corrected chi connectivity index (χ4v) is 3.35. The van der Waals surface area contributed by atoms with Crippen molar-refractivity contribution in [1.29, 1.82) is 0 Å². The lowest BCUT2D eigenvalue weighted by Gasteiger charge is -2.11. The molecule has 3 aromatic heterocycles. The number of amides is 1. The molecule has 142 valence electrons. The van der Waals surface area contributed by atoms with Crippen LogP contribution in [0.2, 0.25) is 0 Å². The standard InChI is InChI=1S/C22H17N5O2/c23-18-19-21(25-16-10-5-4-9-15(16)24-19)27(13-14-7-2-1-3-8-14)20(18)26-22(28)17-11-6-12-29-17/h1-12H,13,23H2,(H,26,28). The van der Waals surface area contributed by atoms with Crippen LogP contribution in [-0.4, -0.2) is 20.4 Å². The molecule has 0 aliphatic heterocycles. The van der Waals surface area contributed by atoms with Crippen molar-refractivity contribution in [2.75, 3.05) is 11.1 Å². The summed E-state index contributed by atoms with van der Waals surface area (Å²) in [6.07, 6.45) is 1.45. The van der Waals surface area contributed by atoms with Crippen molar-refractivity contribution in [3.8, 4) is 0 Å². The largest absolute Gasteiger partial charge is 0.459 e. The molecule has 0 saturated heterocycles. The van der Waals surface area contributed by atoms with Gasteiger partial charge in [0.25, 0.3) is 5.91 Å². The number of carbonyl (C=O) groups is 1. The summed E-state index contributed by atoms with van der Waals surface area (Å²) in [4.78, 5) is 22.1. The summed E-state index contributed by atoms with van der Waals surface area (Å²) in [5.74, 6) is 0.260. The number of para-hydroxylation sites is 2. The summed E-state index contributed by atoms with van der Waals surface area (Å²) < 4.78 is 7.08. The van der Waals surface area contributed by atoms with Gasteiger partial charge in [0.05, 0.1) is 23.8 Å². The molecule has 3 N–H and O–H groups in total. The van der Waals surface area contributed by atoms with Crippen LogP contribution >= 0.6 is 0 Å². The zero-order chi connectivity index (χ0) is 19.8. The van der Waals surface area contributed by atoms with Crippen molar-refractivity contribution in [2.45, 2.75) is 6.54 Å². The highest BCUT2D eigenvalue weighted by Gasteiger charge is 2.21. The van der Waals surface area contributed by atoms with Gasteiger partial charge in [-0.15, -0.1) is 0 Å². The van der Waals surface area contributed by atoms with E-state index in [9.17, 15) is 4.79 Å². The molecular weight excluding hydrogens is 366 g/mol. The van der Waals surface area contributed by atoms with E-state index < -0.39 is 0 Å². The van der Waals surface area contributed by atoms with E-state index in [4.69, 9.17) is 15.1 Å². The maximum atomic E-state index is 12.6. The number of hydrogen-bond acceptors (Lipinski definition) is 5. The van der Waals surface area contributed by atoms with Crippen LogP contribution in [0.4, 0.5) is 11.5 Å². The SMILES string of the molecule is Nc1c(NC(=O)c2ccco2)n(Cc2ccccc2)c2nc3ccccc3nc12. The van der Waals surface area contributed by atoms with Crippen molar-refractivity contribution < 1.29 is 9.21 Å². The van der Waals surface area contributed by atoms with Gasteiger partial charge in [0.15, 0.2) is 11.4 Å². The van der Waals surface area contributed by atoms with E-state index >= 15 is 0 Å². The van der Waals surface area contributed by atoms with Crippen LogP contribution in [0.25, 0.3) is 22.2 Å². The average molecular weight is 383 g/mol. The number of nitrogen functional groups attached to an aromatic ring is 1. The Hall–Kier alpha value is -4.13. The predicted octanol–water partition coefficient (Wildman–Crippen LogP) is 4.06. The predicted molar refractivity (Wildman–Crippen MR) is 112 cm³/mol. The number of benzene rings is 2. The molecule has 29 heavy (non-hydrogen) atoms. The lowest BCUT2D eigenvalue weighted by Crippen LogP contribution is -2.16. The topological polar surface area (TPSA) is 99.0 Å². The maximum Gasteiger partial charge on any atom is 0.292 e. The molecule has 0 spiro atoms. The summed E-state index contributed by atoms with van der Waals surface area (Å²) >= 11 is 0.